The highest BCUT2D eigenvalue weighted by molar-refractivity contribution is 8.00. The Morgan fingerprint density at radius 2 is 1.54 bits per heavy atom. The number of thiazole rings is 1. The maximum Gasteiger partial charge on any atom is 0.272 e. The Morgan fingerprint density at radius 1 is 0.829 bits per heavy atom. The molecule has 0 aliphatic rings. The predicted molar refractivity (Wildman–Crippen MR) is 167 cm³/mol. The fourth-order valence-electron chi connectivity index (χ4n) is 3.91. The van der Waals surface area contributed by atoms with Crippen LogP contribution in [0.2, 0.25) is 0 Å². The number of carbonyl (C=O) groups excluding carboxylic acids is 3. The van der Waals surface area contributed by atoms with Crippen molar-refractivity contribution in [3.63, 3.8) is 0 Å². The van der Waals surface area contributed by atoms with Gasteiger partial charge in [-0.05, 0) is 72.7 Å². The zero-order chi connectivity index (χ0) is 28.6. The third kappa shape index (κ3) is 7.47. The molecule has 7 nitrogen and oxygen atoms in total. The number of carbonyl (C=O) groups is 3. The van der Waals surface area contributed by atoms with Crippen LogP contribution in [0, 0.1) is 6.92 Å². The van der Waals surface area contributed by atoms with Gasteiger partial charge in [0.25, 0.3) is 11.8 Å². The average molecular weight is 579 g/mol. The van der Waals surface area contributed by atoms with E-state index in [9.17, 15) is 14.4 Å². The quantitative estimate of drug-likeness (QED) is 0.133. The van der Waals surface area contributed by atoms with Crippen LogP contribution >= 0.6 is 23.1 Å². The highest BCUT2D eigenvalue weighted by atomic mass is 32.2. The van der Waals surface area contributed by atoms with Crippen LogP contribution < -0.4 is 16.0 Å². The number of aryl methyl sites for hydroxylation is 1. The van der Waals surface area contributed by atoms with Crippen molar-refractivity contribution < 1.29 is 14.4 Å². The Kier molecular flexibility index (Phi) is 8.88. The van der Waals surface area contributed by atoms with E-state index in [2.05, 4.69) is 20.9 Å². The van der Waals surface area contributed by atoms with Gasteiger partial charge in [0, 0.05) is 16.1 Å². The van der Waals surface area contributed by atoms with E-state index in [1.54, 1.807) is 42.5 Å². The number of nitrogens with one attached hydrogen (secondary N) is 3. The van der Waals surface area contributed by atoms with Crippen molar-refractivity contribution in [1.29, 1.82) is 0 Å². The van der Waals surface area contributed by atoms with Gasteiger partial charge in [0.05, 0.1) is 16.0 Å². The van der Waals surface area contributed by atoms with Gasteiger partial charge in [0.2, 0.25) is 5.91 Å². The maximum absolute atomic E-state index is 13.3. The van der Waals surface area contributed by atoms with Crippen LogP contribution in [0.15, 0.2) is 114 Å². The summed E-state index contributed by atoms with van der Waals surface area (Å²) < 4.78 is 1.02. The standard InChI is InChI=1S/C32H26N4O3S2/c1-21-9-5-6-12-23(21)19-27(34-30(38)22-10-3-2-4-11-22)31(39)33-24-15-17-25(18-16-24)40-20-29(37)36-32-35-26-13-7-8-14-28(26)41-32/h2-19H,20H2,1H3,(H,33,39)(H,34,38)(H,35,36,37)/b27-19-. The van der Waals surface area contributed by atoms with E-state index >= 15 is 0 Å². The van der Waals surface area contributed by atoms with Gasteiger partial charge in [-0.25, -0.2) is 4.98 Å². The van der Waals surface area contributed by atoms with Crippen molar-refractivity contribution in [3.8, 4) is 0 Å². The molecule has 0 radical (unpaired) electrons. The molecule has 9 heteroatoms. The Morgan fingerprint density at radius 3 is 2.29 bits per heavy atom. The number of hydrogen-bond acceptors (Lipinski definition) is 6. The summed E-state index contributed by atoms with van der Waals surface area (Å²) in [5.41, 5.74) is 3.78. The second-order valence-electron chi connectivity index (χ2n) is 9.04. The molecule has 0 fully saturated rings. The molecule has 5 rings (SSSR count). The van der Waals surface area contributed by atoms with Crippen molar-refractivity contribution in [3.05, 3.63) is 126 Å². The Hall–Kier alpha value is -4.73. The molecule has 41 heavy (non-hydrogen) atoms. The number of para-hydroxylation sites is 1. The molecule has 204 valence electrons. The Bertz CT molecular complexity index is 1700. The van der Waals surface area contributed by atoms with Crippen molar-refractivity contribution in [2.24, 2.45) is 0 Å². The van der Waals surface area contributed by atoms with E-state index in [1.165, 1.54) is 23.1 Å². The fraction of sp³-hybridized carbons (Fsp3) is 0.0625. The molecule has 1 aromatic heterocycles. The van der Waals surface area contributed by atoms with Gasteiger partial charge in [-0.3, -0.25) is 14.4 Å². The number of amides is 3. The molecule has 3 N–H and O–H groups in total. The minimum absolute atomic E-state index is 0.123. The molecular weight excluding hydrogens is 553 g/mol. The van der Waals surface area contributed by atoms with Crippen molar-refractivity contribution in [1.82, 2.24) is 10.3 Å². The van der Waals surface area contributed by atoms with Gasteiger partial charge >= 0.3 is 0 Å². The average Bonchev–Trinajstić information content (AvgIpc) is 3.40. The lowest BCUT2D eigenvalue weighted by molar-refractivity contribution is -0.114. The molecule has 4 aromatic carbocycles. The van der Waals surface area contributed by atoms with Crippen LogP contribution in [-0.4, -0.2) is 28.5 Å². The predicted octanol–water partition coefficient (Wildman–Crippen LogP) is 6.75. The van der Waals surface area contributed by atoms with Crippen molar-refractivity contribution >= 4 is 67.9 Å². The topological polar surface area (TPSA) is 100 Å². The van der Waals surface area contributed by atoms with Gasteiger partial charge in [-0.1, -0.05) is 65.9 Å². The summed E-state index contributed by atoms with van der Waals surface area (Å²) in [4.78, 5) is 43.9. The number of nitrogens with zero attached hydrogens (tertiary/aromatic N) is 1. The van der Waals surface area contributed by atoms with Crippen LogP contribution in [0.1, 0.15) is 21.5 Å². The zero-order valence-corrected chi connectivity index (χ0v) is 23.7. The van der Waals surface area contributed by atoms with E-state index in [-0.39, 0.29) is 23.3 Å². The summed E-state index contributed by atoms with van der Waals surface area (Å²) in [6.45, 7) is 1.94. The molecule has 0 saturated heterocycles. The van der Waals surface area contributed by atoms with E-state index in [0.29, 0.717) is 16.4 Å². The number of hydrogen-bond donors (Lipinski definition) is 3. The summed E-state index contributed by atoms with van der Waals surface area (Å²) >= 11 is 2.82. The van der Waals surface area contributed by atoms with Crippen LogP contribution in [0.4, 0.5) is 10.8 Å². The smallest absolute Gasteiger partial charge is 0.272 e. The highest BCUT2D eigenvalue weighted by Gasteiger charge is 2.16. The van der Waals surface area contributed by atoms with Gasteiger partial charge in [-0.2, -0.15) is 0 Å². The first-order chi connectivity index (χ1) is 19.9. The Balaban J connectivity index is 1.22. The van der Waals surface area contributed by atoms with Crippen LogP contribution in [0.25, 0.3) is 16.3 Å². The van der Waals surface area contributed by atoms with Crippen LogP contribution in [0.3, 0.4) is 0 Å². The second-order valence-corrected chi connectivity index (χ2v) is 11.1. The molecule has 3 amide bonds. The molecule has 0 aliphatic carbocycles. The number of rotatable bonds is 9. The third-order valence-corrected chi connectivity index (χ3v) is 8.00. The molecule has 0 spiro atoms. The van der Waals surface area contributed by atoms with Gasteiger partial charge in [0.1, 0.15) is 5.70 Å². The number of anilines is 2. The first-order valence-corrected chi connectivity index (χ1v) is 14.6. The van der Waals surface area contributed by atoms with Crippen LogP contribution in [0.5, 0.6) is 0 Å². The van der Waals surface area contributed by atoms with E-state index in [4.69, 9.17) is 0 Å². The third-order valence-electron chi connectivity index (χ3n) is 6.04. The molecule has 0 aliphatic heterocycles. The summed E-state index contributed by atoms with van der Waals surface area (Å²) in [5, 5.41) is 9.04. The first-order valence-electron chi connectivity index (χ1n) is 12.8. The van der Waals surface area contributed by atoms with E-state index < -0.39 is 5.91 Å². The lowest BCUT2D eigenvalue weighted by Crippen LogP contribution is -2.30. The SMILES string of the molecule is Cc1ccccc1/C=C(\NC(=O)c1ccccc1)C(=O)Nc1ccc(SCC(=O)Nc2nc3ccccc3s2)cc1. The van der Waals surface area contributed by atoms with Gasteiger partial charge < -0.3 is 16.0 Å². The summed E-state index contributed by atoms with van der Waals surface area (Å²) in [6, 6.07) is 31.3. The first kappa shape index (κ1) is 27.8. The molecule has 0 atom stereocenters. The van der Waals surface area contributed by atoms with Gasteiger partial charge in [-0.15, -0.1) is 11.8 Å². The number of thioether (sulfide) groups is 1. The molecule has 1 heterocycles. The zero-order valence-electron chi connectivity index (χ0n) is 22.1. The number of aromatic nitrogens is 1. The monoisotopic (exact) mass is 578 g/mol. The lowest BCUT2D eigenvalue weighted by atomic mass is 10.1. The molecule has 0 unspecified atom stereocenters. The highest BCUT2D eigenvalue weighted by Crippen LogP contribution is 2.26. The summed E-state index contributed by atoms with van der Waals surface area (Å²) in [7, 11) is 0. The normalized spacial score (nSPS) is 11.2. The number of fused-ring (bicyclic) bond motifs is 1. The maximum atomic E-state index is 13.3. The van der Waals surface area contributed by atoms with E-state index in [1.807, 2.05) is 73.7 Å². The summed E-state index contributed by atoms with van der Waals surface area (Å²) in [5.74, 6) is -0.757. The molecule has 5 aromatic rings. The molecule has 0 saturated carbocycles. The summed E-state index contributed by atoms with van der Waals surface area (Å²) in [6.07, 6.45) is 1.67. The van der Waals surface area contributed by atoms with Crippen molar-refractivity contribution in [2.45, 2.75) is 11.8 Å². The Labute approximate surface area is 245 Å². The minimum atomic E-state index is -0.451. The largest absolute Gasteiger partial charge is 0.321 e. The van der Waals surface area contributed by atoms with E-state index in [0.717, 1.165) is 26.2 Å². The minimum Gasteiger partial charge on any atom is -0.321 e. The van der Waals surface area contributed by atoms with Crippen LogP contribution in [-0.2, 0) is 9.59 Å². The molecular formula is C32H26N4O3S2. The van der Waals surface area contributed by atoms with Crippen molar-refractivity contribution in [2.75, 3.05) is 16.4 Å². The fourth-order valence-corrected chi connectivity index (χ4v) is 5.49. The second kappa shape index (κ2) is 13.1. The van der Waals surface area contributed by atoms with Gasteiger partial charge in [0.15, 0.2) is 5.13 Å². The number of benzene rings is 4. The lowest BCUT2D eigenvalue weighted by Gasteiger charge is -2.12. The molecule has 0 bridgehead atoms.